The maximum Gasteiger partial charge on any atom is 0.294 e. The van der Waals surface area contributed by atoms with E-state index >= 15 is 0 Å². The molecule has 0 aromatic heterocycles. The van der Waals surface area contributed by atoms with Crippen LogP contribution in [0.1, 0.15) is 5.56 Å². The molecule has 198 valence electrons. The highest BCUT2D eigenvalue weighted by Gasteiger charge is 2.45. The maximum atomic E-state index is 14.7. The number of nitriles is 1. The lowest BCUT2D eigenvalue weighted by Crippen LogP contribution is -2.57. The van der Waals surface area contributed by atoms with Crippen molar-refractivity contribution >= 4 is 29.2 Å². The molecule has 2 unspecified atom stereocenters. The second-order valence-corrected chi connectivity index (χ2v) is 8.54. The van der Waals surface area contributed by atoms with Gasteiger partial charge in [-0.05, 0) is 24.3 Å². The summed E-state index contributed by atoms with van der Waals surface area (Å²) < 4.78 is 14.7. The Labute approximate surface area is 217 Å². The summed E-state index contributed by atoms with van der Waals surface area (Å²) in [6, 6.07) is 7.80. The van der Waals surface area contributed by atoms with Crippen LogP contribution in [0.25, 0.3) is 0 Å². The van der Waals surface area contributed by atoms with Crippen LogP contribution in [-0.4, -0.2) is 70.5 Å². The molecule has 4 rings (SSSR count). The number of anilines is 1. The highest BCUT2D eigenvalue weighted by Crippen LogP contribution is 2.34. The minimum absolute atomic E-state index is 0.0214. The Kier molecular flexibility index (Phi) is 7.55. The van der Waals surface area contributed by atoms with Crippen LogP contribution in [0.3, 0.4) is 0 Å². The highest BCUT2D eigenvalue weighted by atomic mass is 19.1. The number of hydrazine groups is 2. The fourth-order valence-electron chi connectivity index (χ4n) is 4.45. The summed E-state index contributed by atoms with van der Waals surface area (Å²) in [5, 5.41) is 18.1. The fraction of sp³-hybridized carbons (Fsp3) is 0.261. The zero-order valence-corrected chi connectivity index (χ0v) is 20.2. The van der Waals surface area contributed by atoms with E-state index in [1.807, 2.05) is 6.07 Å². The third kappa shape index (κ3) is 4.85. The summed E-state index contributed by atoms with van der Waals surface area (Å²) in [7, 11) is 0. The van der Waals surface area contributed by atoms with E-state index in [0.717, 1.165) is 11.2 Å². The number of amides is 1. The van der Waals surface area contributed by atoms with E-state index in [2.05, 4.69) is 15.4 Å². The minimum atomic E-state index is -1.05. The normalized spacial score (nSPS) is 21.1. The van der Waals surface area contributed by atoms with Crippen LogP contribution in [0.15, 0.2) is 70.6 Å². The number of nitrogens with one attached hydrogen (secondary N) is 1. The van der Waals surface area contributed by atoms with E-state index in [1.54, 1.807) is 29.2 Å². The Balaban J connectivity index is 1.39. The number of fused-ring (bicyclic) bond motifs is 1. The third-order valence-electron chi connectivity index (χ3n) is 6.41. The predicted molar refractivity (Wildman–Crippen MR) is 137 cm³/mol. The standard InChI is InChI=1S/C23H27FN12O2/c24-17-13-31-21(35(28)6-5-25)19-18(17)16(12-30-19)20(37)22(38)33-7-9-34(10-8-33)23(32-27)36(29)15-3-1-14(11-26)2-4-15/h1-6,12-13,18-19,30H,7-10,25,27-29H2/b6-5-,32-23-. The SMILES string of the molecule is N#Cc1ccc(N(N)/C(=N\N)N2CCN(C(=O)C(=O)C3=CNC4C(N(N)/C=C\N)=NC=C(F)C34)CC2)cc1. The van der Waals surface area contributed by atoms with E-state index in [-0.39, 0.29) is 30.5 Å². The summed E-state index contributed by atoms with van der Waals surface area (Å²) >= 11 is 0. The van der Waals surface area contributed by atoms with Gasteiger partial charge >= 0.3 is 0 Å². The second-order valence-electron chi connectivity index (χ2n) is 8.54. The predicted octanol–water partition coefficient (Wildman–Crippen LogP) is -1.52. The molecular formula is C23H27FN12O2. The minimum Gasteiger partial charge on any atom is -0.403 e. The molecule has 0 bridgehead atoms. The van der Waals surface area contributed by atoms with Gasteiger partial charge in [0.2, 0.25) is 11.7 Å². The van der Waals surface area contributed by atoms with E-state index in [9.17, 15) is 14.0 Å². The topological polar surface area (TPSA) is 212 Å². The maximum absolute atomic E-state index is 14.7. The number of guanidine groups is 1. The van der Waals surface area contributed by atoms with Crippen LogP contribution in [0, 0.1) is 17.2 Å². The average Bonchev–Trinajstić information content (AvgIpc) is 3.39. The molecule has 1 fully saturated rings. The van der Waals surface area contributed by atoms with Gasteiger partial charge in [-0.2, -0.15) is 5.26 Å². The summed E-state index contributed by atoms with van der Waals surface area (Å²) in [5.41, 5.74) is 6.38. The number of halogens is 1. The van der Waals surface area contributed by atoms with E-state index in [1.165, 1.54) is 28.5 Å². The first-order valence-electron chi connectivity index (χ1n) is 11.5. The number of aliphatic imine (C=N–C) groups is 1. The number of nitrogens with two attached hydrogens (primary N) is 4. The summed E-state index contributed by atoms with van der Waals surface area (Å²) in [4.78, 5) is 33.4. The Hall–Kier alpha value is -4.94. The van der Waals surface area contributed by atoms with Crippen molar-refractivity contribution in [2.45, 2.75) is 6.04 Å². The van der Waals surface area contributed by atoms with Gasteiger partial charge in [0.05, 0.1) is 35.5 Å². The number of nitrogens with zero attached hydrogens (tertiary/aromatic N) is 7. The van der Waals surface area contributed by atoms with Crippen molar-refractivity contribution < 1.29 is 14.0 Å². The number of carbonyl (C=O) groups is 2. The Morgan fingerprint density at radius 1 is 1.18 bits per heavy atom. The lowest BCUT2D eigenvalue weighted by molar-refractivity contribution is -0.143. The Bertz CT molecular complexity index is 1290. The number of hydrogen-bond donors (Lipinski definition) is 5. The second kappa shape index (κ2) is 11.0. The highest BCUT2D eigenvalue weighted by molar-refractivity contribution is 6.43. The number of rotatable bonds is 4. The zero-order chi connectivity index (χ0) is 27.4. The molecule has 38 heavy (non-hydrogen) atoms. The van der Waals surface area contributed by atoms with Crippen LogP contribution in [0.2, 0.25) is 0 Å². The fourth-order valence-corrected chi connectivity index (χ4v) is 4.45. The Morgan fingerprint density at radius 3 is 2.45 bits per heavy atom. The largest absolute Gasteiger partial charge is 0.403 e. The van der Waals surface area contributed by atoms with E-state index in [0.29, 0.717) is 24.3 Å². The van der Waals surface area contributed by atoms with Crippen molar-refractivity contribution in [3.8, 4) is 6.07 Å². The van der Waals surface area contributed by atoms with Gasteiger partial charge in [0.1, 0.15) is 11.7 Å². The van der Waals surface area contributed by atoms with Gasteiger partial charge in [-0.15, -0.1) is 5.10 Å². The van der Waals surface area contributed by atoms with Crippen LogP contribution in [0.5, 0.6) is 0 Å². The number of hydrogen-bond acceptors (Lipinski definition) is 11. The first-order chi connectivity index (χ1) is 18.3. The van der Waals surface area contributed by atoms with Crippen molar-refractivity contribution in [2.24, 2.45) is 39.3 Å². The molecule has 1 saturated heterocycles. The molecule has 0 radical (unpaired) electrons. The van der Waals surface area contributed by atoms with Crippen molar-refractivity contribution in [1.82, 2.24) is 20.1 Å². The quantitative estimate of drug-likeness (QED) is 0.101. The summed E-state index contributed by atoms with van der Waals surface area (Å²) in [5.74, 6) is 14.9. The zero-order valence-electron chi connectivity index (χ0n) is 20.2. The molecule has 3 aliphatic heterocycles. The van der Waals surface area contributed by atoms with Gasteiger partial charge < -0.3 is 26.7 Å². The van der Waals surface area contributed by atoms with E-state index in [4.69, 9.17) is 28.5 Å². The monoisotopic (exact) mass is 522 g/mol. The molecule has 1 aromatic rings. The Morgan fingerprint density at radius 2 is 1.84 bits per heavy atom. The number of carbonyl (C=O) groups excluding carboxylic acids is 2. The molecule has 9 N–H and O–H groups in total. The number of Topliss-reactive ketones (excluding diaryl/α,β-unsaturated/α-hetero) is 1. The molecule has 2 atom stereocenters. The molecule has 14 nitrogen and oxygen atoms in total. The van der Waals surface area contributed by atoms with Gasteiger partial charge in [0.15, 0.2) is 0 Å². The molecule has 1 aromatic carbocycles. The number of hydrazone groups is 1. The first-order valence-corrected chi connectivity index (χ1v) is 11.5. The molecule has 3 aliphatic rings. The van der Waals surface area contributed by atoms with Gasteiger partial charge in [-0.1, -0.05) is 0 Å². The molecular weight excluding hydrogens is 495 g/mol. The molecule has 3 heterocycles. The number of benzene rings is 1. The van der Waals surface area contributed by atoms with Crippen molar-refractivity contribution in [1.29, 1.82) is 5.26 Å². The third-order valence-corrected chi connectivity index (χ3v) is 6.41. The summed E-state index contributed by atoms with van der Waals surface area (Å²) in [6.45, 7) is 0.951. The molecule has 0 saturated carbocycles. The van der Waals surface area contributed by atoms with Crippen molar-refractivity contribution in [2.75, 3.05) is 31.2 Å². The molecule has 0 spiro atoms. The number of piperazine rings is 1. The smallest absolute Gasteiger partial charge is 0.294 e. The number of amidine groups is 1. The lowest BCUT2D eigenvalue weighted by atomic mass is 9.88. The van der Waals surface area contributed by atoms with Crippen LogP contribution >= 0.6 is 0 Å². The van der Waals surface area contributed by atoms with Crippen molar-refractivity contribution in [3.63, 3.8) is 0 Å². The lowest BCUT2D eigenvalue weighted by Gasteiger charge is -2.38. The van der Waals surface area contributed by atoms with Gasteiger partial charge in [0, 0.05) is 50.4 Å². The van der Waals surface area contributed by atoms with Gasteiger partial charge in [0.25, 0.3) is 5.91 Å². The van der Waals surface area contributed by atoms with E-state index < -0.39 is 29.5 Å². The van der Waals surface area contributed by atoms with Crippen LogP contribution in [0.4, 0.5) is 10.1 Å². The first kappa shape index (κ1) is 26.1. The van der Waals surface area contributed by atoms with Gasteiger partial charge in [-0.25, -0.2) is 26.1 Å². The summed E-state index contributed by atoms with van der Waals surface area (Å²) in [6.07, 6.45) is 4.82. The number of ketones is 1. The van der Waals surface area contributed by atoms with Crippen LogP contribution in [-0.2, 0) is 9.59 Å². The van der Waals surface area contributed by atoms with Gasteiger partial charge in [-0.3, -0.25) is 14.6 Å². The van der Waals surface area contributed by atoms with Crippen molar-refractivity contribution in [3.05, 3.63) is 66.0 Å². The molecule has 15 heteroatoms. The molecule has 1 amide bonds. The average molecular weight is 523 g/mol. The molecule has 0 aliphatic carbocycles. The van der Waals surface area contributed by atoms with Crippen LogP contribution < -0.4 is 33.6 Å².